The van der Waals surface area contributed by atoms with E-state index < -0.39 is 17.7 Å². The number of hydrogen-bond acceptors (Lipinski definition) is 6. The fourth-order valence-corrected chi connectivity index (χ4v) is 4.76. The first-order chi connectivity index (χ1) is 19.1. The number of aliphatic hydroxyl groups is 1. The first-order valence-electron chi connectivity index (χ1n) is 13.5. The Hall–Kier alpha value is -4.26. The standard InChI is InChI=1S/C33H37NO6/c1-20(2)19-39-28-14-13-25(15-22(28)5)31(35)29-30(24-10-8-11-26(17-24)38-6)34(33(37)32(29)36)18-23-9-7-12-27(16-23)40-21(3)4/h7-17,20-21,30,35H,18-19H2,1-6H3/b31-29-. The molecule has 40 heavy (non-hydrogen) atoms. The number of hydrogen-bond donors (Lipinski definition) is 1. The van der Waals surface area contributed by atoms with Crippen LogP contribution in [0.3, 0.4) is 0 Å². The van der Waals surface area contributed by atoms with Gasteiger partial charge in [0.25, 0.3) is 11.7 Å². The lowest BCUT2D eigenvalue weighted by Crippen LogP contribution is -2.29. The number of nitrogens with zero attached hydrogens (tertiary/aromatic N) is 1. The zero-order valence-corrected chi connectivity index (χ0v) is 23.9. The first kappa shape index (κ1) is 28.7. The molecule has 0 saturated carbocycles. The average Bonchev–Trinajstić information content (AvgIpc) is 3.16. The van der Waals surface area contributed by atoms with Gasteiger partial charge in [0.2, 0.25) is 0 Å². The minimum absolute atomic E-state index is 0.00752. The Morgan fingerprint density at radius 2 is 1.68 bits per heavy atom. The van der Waals surface area contributed by atoms with Crippen LogP contribution >= 0.6 is 0 Å². The monoisotopic (exact) mass is 543 g/mol. The van der Waals surface area contributed by atoms with Crippen molar-refractivity contribution in [3.05, 3.63) is 94.6 Å². The molecule has 7 heteroatoms. The Labute approximate surface area is 236 Å². The third-order valence-electron chi connectivity index (χ3n) is 6.59. The second-order valence-electron chi connectivity index (χ2n) is 10.7. The summed E-state index contributed by atoms with van der Waals surface area (Å²) in [5.74, 6) is 0.678. The summed E-state index contributed by atoms with van der Waals surface area (Å²) in [6.45, 7) is 10.6. The lowest BCUT2D eigenvalue weighted by molar-refractivity contribution is -0.140. The van der Waals surface area contributed by atoms with Crippen molar-refractivity contribution in [2.75, 3.05) is 13.7 Å². The third-order valence-corrected chi connectivity index (χ3v) is 6.59. The van der Waals surface area contributed by atoms with Crippen LogP contribution in [0.15, 0.2) is 72.3 Å². The van der Waals surface area contributed by atoms with Crippen molar-refractivity contribution >= 4 is 17.4 Å². The van der Waals surface area contributed by atoms with Crippen LogP contribution < -0.4 is 14.2 Å². The number of aryl methyl sites for hydroxylation is 1. The molecule has 210 valence electrons. The SMILES string of the molecule is COc1cccc(C2/C(=C(/O)c3ccc(OCC(C)C)c(C)c3)C(=O)C(=O)N2Cc2cccc(OC(C)C)c2)c1. The number of ether oxygens (including phenoxy) is 3. The summed E-state index contributed by atoms with van der Waals surface area (Å²) in [6, 6.07) is 19.1. The topological polar surface area (TPSA) is 85.3 Å². The van der Waals surface area contributed by atoms with Gasteiger partial charge in [0.1, 0.15) is 23.0 Å². The molecule has 0 radical (unpaired) electrons. The largest absolute Gasteiger partial charge is 0.507 e. The van der Waals surface area contributed by atoms with E-state index >= 15 is 0 Å². The summed E-state index contributed by atoms with van der Waals surface area (Å²) in [4.78, 5) is 28.5. The molecule has 1 aliphatic rings. The third kappa shape index (κ3) is 6.30. The molecule has 7 nitrogen and oxygen atoms in total. The predicted octanol–water partition coefficient (Wildman–Crippen LogP) is 6.45. The lowest BCUT2D eigenvalue weighted by Gasteiger charge is -2.26. The molecule has 4 rings (SSSR count). The summed E-state index contributed by atoms with van der Waals surface area (Å²) in [5.41, 5.74) is 2.74. The maximum absolute atomic E-state index is 13.5. The first-order valence-corrected chi connectivity index (χ1v) is 13.5. The zero-order chi connectivity index (χ0) is 29.0. The molecule has 1 aliphatic heterocycles. The smallest absolute Gasteiger partial charge is 0.295 e. The van der Waals surface area contributed by atoms with Gasteiger partial charge in [0, 0.05) is 12.1 Å². The number of carbonyl (C=O) groups is 2. The Bertz CT molecular complexity index is 1420. The van der Waals surface area contributed by atoms with Crippen molar-refractivity contribution in [1.82, 2.24) is 4.90 Å². The van der Waals surface area contributed by atoms with E-state index in [2.05, 4.69) is 13.8 Å². The Kier molecular flexibility index (Phi) is 8.83. The van der Waals surface area contributed by atoms with Gasteiger partial charge in [-0.2, -0.15) is 0 Å². The molecule has 1 fully saturated rings. The van der Waals surface area contributed by atoms with Gasteiger partial charge in [-0.15, -0.1) is 0 Å². The van der Waals surface area contributed by atoms with E-state index in [1.54, 1.807) is 43.5 Å². The second-order valence-corrected chi connectivity index (χ2v) is 10.7. The van der Waals surface area contributed by atoms with E-state index in [1.807, 2.05) is 51.1 Å². The van der Waals surface area contributed by atoms with E-state index in [9.17, 15) is 14.7 Å². The van der Waals surface area contributed by atoms with Gasteiger partial charge in [-0.1, -0.05) is 38.1 Å². The molecule has 3 aromatic rings. The van der Waals surface area contributed by atoms with Gasteiger partial charge in [-0.3, -0.25) is 9.59 Å². The molecule has 1 heterocycles. The quantitative estimate of drug-likeness (QED) is 0.180. The minimum Gasteiger partial charge on any atom is -0.507 e. The average molecular weight is 544 g/mol. The van der Waals surface area contributed by atoms with Gasteiger partial charge in [0.05, 0.1) is 31.4 Å². The molecule has 1 unspecified atom stereocenters. The highest BCUT2D eigenvalue weighted by Crippen LogP contribution is 2.41. The maximum atomic E-state index is 13.5. The Morgan fingerprint density at radius 1 is 0.950 bits per heavy atom. The number of rotatable bonds is 10. The normalized spacial score (nSPS) is 16.6. The van der Waals surface area contributed by atoms with Gasteiger partial charge >= 0.3 is 0 Å². The summed E-state index contributed by atoms with van der Waals surface area (Å²) >= 11 is 0. The molecule has 0 aliphatic carbocycles. The number of likely N-dealkylation sites (tertiary alicyclic amines) is 1. The molecule has 1 N–H and O–H groups in total. The van der Waals surface area contributed by atoms with Gasteiger partial charge in [0.15, 0.2) is 0 Å². The number of amides is 1. The lowest BCUT2D eigenvalue weighted by atomic mass is 9.94. The molecular formula is C33H37NO6. The number of ketones is 1. The highest BCUT2D eigenvalue weighted by atomic mass is 16.5. The molecule has 0 spiro atoms. The second kappa shape index (κ2) is 12.3. The van der Waals surface area contributed by atoms with Gasteiger partial charge < -0.3 is 24.2 Å². The minimum atomic E-state index is -0.818. The van der Waals surface area contributed by atoms with Crippen LogP contribution in [0.4, 0.5) is 0 Å². The zero-order valence-electron chi connectivity index (χ0n) is 23.9. The summed E-state index contributed by atoms with van der Waals surface area (Å²) in [7, 11) is 1.56. The fraction of sp³-hybridized carbons (Fsp3) is 0.333. The highest BCUT2D eigenvalue weighted by molar-refractivity contribution is 6.46. The van der Waals surface area contributed by atoms with Gasteiger partial charge in [-0.05, 0) is 85.8 Å². The van der Waals surface area contributed by atoms with E-state index in [0.717, 1.165) is 11.1 Å². The van der Waals surface area contributed by atoms with Crippen molar-refractivity contribution in [2.24, 2.45) is 5.92 Å². The number of carbonyl (C=O) groups excluding carboxylic acids is 2. The van der Waals surface area contributed by atoms with E-state index in [-0.39, 0.29) is 24.0 Å². The van der Waals surface area contributed by atoms with Crippen molar-refractivity contribution in [2.45, 2.75) is 53.3 Å². The number of aliphatic hydroxyl groups excluding tert-OH is 1. The van der Waals surface area contributed by atoms with Crippen molar-refractivity contribution < 1.29 is 28.9 Å². The van der Waals surface area contributed by atoms with Crippen LogP contribution in [0, 0.1) is 12.8 Å². The van der Waals surface area contributed by atoms with Crippen molar-refractivity contribution in [3.8, 4) is 17.2 Å². The molecule has 1 saturated heterocycles. The highest BCUT2D eigenvalue weighted by Gasteiger charge is 2.46. The molecule has 1 atom stereocenters. The number of benzene rings is 3. The van der Waals surface area contributed by atoms with E-state index in [0.29, 0.717) is 40.9 Å². The Balaban J connectivity index is 1.79. The van der Waals surface area contributed by atoms with Crippen molar-refractivity contribution in [3.63, 3.8) is 0 Å². The van der Waals surface area contributed by atoms with Crippen molar-refractivity contribution in [1.29, 1.82) is 0 Å². The van der Waals surface area contributed by atoms with E-state index in [1.165, 1.54) is 4.90 Å². The molecule has 1 amide bonds. The summed E-state index contributed by atoms with van der Waals surface area (Å²) in [6.07, 6.45) is -0.00752. The van der Waals surface area contributed by atoms with Crippen LogP contribution in [0.2, 0.25) is 0 Å². The van der Waals surface area contributed by atoms with Crippen LogP contribution in [0.25, 0.3) is 5.76 Å². The number of methoxy groups -OCH3 is 1. The van der Waals surface area contributed by atoms with Crippen LogP contribution in [-0.4, -0.2) is 41.5 Å². The predicted molar refractivity (Wildman–Crippen MR) is 155 cm³/mol. The molecule has 0 bridgehead atoms. The molecule has 3 aromatic carbocycles. The molecule has 0 aromatic heterocycles. The van der Waals surface area contributed by atoms with E-state index in [4.69, 9.17) is 14.2 Å². The summed E-state index contributed by atoms with van der Waals surface area (Å²) < 4.78 is 17.1. The summed E-state index contributed by atoms with van der Waals surface area (Å²) in [5, 5.41) is 11.5. The fourth-order valence-electron chi connectivity index (χ4n) is 4.76. The maximum Gasteiger partial charge on any atom is 0.295 e. The van der Waals surface area contributed by atoms with Crippen LogP contribution in [-0.2, 0) is 16.1 Å². The van der Waals surface area contributed by atoms with Gasteiger partial charge in [-0.25, -0.2) is 0 Å². The number of Topliss-reactive ketones (excluding diaryl/α,β-unsaturated/α-hetero) is 1. The molecular weight excluding hydrogens is 506 g/mol. The Morgan fingerprint density at radius 3 is 2.35 bits per heavy atom. The van der Waals surface area contributed by atoms with Crippen LogP contribution in [0.5, 0.6) is 17.2 Å². The van der Waals surface area contributed by atoms with Crippen LogP contribution in [0.1, 0.15) is 56.0 Å².